The Morgan fingerprint density at radius 1 is 0.690 bits per heavy atom. The maximum Gasteiger partial charge on any atom is 0.343 e. The largest absolute Gasteiger partial charge is 0.422 e. The first-order valence-corrected chi connectivity index (χ1v) is 10.4. The monoisotopic (exact) mass is 403 g/mol. The summed E-state index contributed by atoms with van der Waals surface area (Å²) < 4.78 is 33.6. The number of hydrogen-bond donors (Lipinski definition) is 1. The fourth-order valence-electron chi connectivity index (χ4n) is 2.99. The molecule has 0 bridgehead atoms. The normalized spacial score (nSPS) is 11.2. The van der Waals surface area contributed by atoms with E-state index in [0.29, 0.717) is 27.8 Å². The van der Waals surface area contributed by atoms with Gasteiger partial charge in [0, 0.05) is 10.8 Å². The molecule has 4 aromatic rings. The number of rotatable bonds is 5. The Morgan fingerprint density at radius 3 is 1.97 bits per heavy atom. The summed E-state index contributed by atoms with van der Waals surface area (Å²) in [4.78, 5) is 12.6. The number of esters is 1. The number of carbonyl (C=O) groups is 1. The Morgan fingerprint density at radius 2 is 1.28 bits per heavy atom. The van der Waals surface area contributed by atoms with E-state index < -0.39 is 16.0 Å². The fraction of sp³-hybridized carbons (Fsp3) is 0. The first kappa shape index (κ1) is 18.7. The smallest absolute Gasteiger partial charge is 0.343 e. The van der Waals surface area contributed by atoms with Crippen molar-refractivity contribution in [3.63, 3.8) is 0 Å². The molecule has 0 atom stereocenters. The molecule has 4 rings (SSSR count). The highest BCUT2D eigenvalue weighted by Crippen LogP contribution is 2.33. The van der Waals surface area contributed by atoms with Crippen LogP contribution < -0.4 is 9.46 Å². The van der Waals surface area contributed by atoms with Gasteiger partial charge in [-0.1, -0.05) is 60.7 Å². The second-order valence-electron chi connectivity index (χ2n) is 6.33. The number of carbonyl (C=O) groups excluding carboxylic acids is 1. The Labute approximate surface area is 168 Å². The van der Waals surface area contributed by atoms with Gasteiger partial charge < -0.3 is 4.74 Å². The molecule has 1 N–H and O–H groups in total. The van der Waals surface area contributed by atoms with Crippen LogP contribution in [0.1, 0.15) is 10.4 Å². The van der Waals surface area contributed by atoms with Crippen molar-refractivity contribution in [1.82, 2.24) is 0 Å². The van der Waals surface area contributed by atoms with E-state index in [0.717, 1.165) is 0 Å². The molecule has 0 saturated heterocycles. The number of ether oxygens (including phenoxy) is 1. The number of sulfonamides is 1. The second-order valence-corrected chi connectivity index (χ2v) is 8.01. The number of benzene rings is 4. The Balaban J connectivity index is 1.70. The van der Waals surface area contributed by atoms with Gasteiger partial charge in [0.05, 0.1) is 16.1 Å². The fourth-order valence-corrected chi connectivity index (χ4v) is 4.09. The molecule has 0 aliphatic heterocycles. The van der Waals surface area contributed by atoms with Crippen LogP contribution in [0.3, 0.4) is 0 Å². The SMILES string of the molecule is O=C(Oc1ccc(NS(=O)(=O)c2ccccc2)c2ccccc12)c1ccccc1. The molecule has 0 fully saturated rings. The predicted molar refractivity (Wildman–Crippen MR) is 113 cm³/mol. The summed E-state index contributed by atoms with van der Waals surface area (Å²) in [7, 11) is -3.74. The number of anilines is 1. The van der Waals surface area contributed by atoms with Crippen LogP contribution in [0.25, 0.3) is 10.8 Å². The number of nitrogens with one attached hydrogen (secondary N) is 1. The highest BCUT2D eigenvalue weighted by atomic mass is 32.2. The lowest BCUT2D eigenvalue weighted by Gasteiger charge is -2.13. The summed E-state index contributed by atoms with van der Waals surface area (Å²) in [5.41, 5.74) is 0.842. The standard InChI is InChI=1S/C23H17NO4S/c25-23(17-9-3-1-4-10-17)28-22-16-15-21(19-13-7-8-14-20(19)22)24-29(26,27)18-11-5-2-6-12-18/h1-16,24H. The van der Waals surface area contributed by atoms with E-state index in [9.17, 15) is 13.2 Å². The van der Waals surface area contributed by atoms with Gasteiger partial charge in [0.15, 0.2) is 0 Å². The lowest BCUT2D eigenvalue weighted by atomic mass is 10.1. The van der Waals surface area contributed by atoms with E-state index in [1.54, 1.807) is 78.9 Å². The summed E-state index contributed by atoms with van der Waals surface area (Å²) >= 11 is 0. The molecule has 0 aliphatic rings. The molecular formula is C23H17NO4S. The summed E-state index contributed by atoms with van der Waals surface area (Å²) in [6.45, 7) is 0. The van der Waals surface area contributed by atoms with E-state index in [1.807, 2.05) is 6.07 Å². The van der Waals surface area contributed by atoms with Crippen molar-refractivity contribution in [2.24, 2.45) is 0 Å². The van der Waals surface area contributed by atoms with Crippen molar-refractivity contribution in [2.75, 3.05) is 4.72 Å². The molecule has 0 saturated carbocycles. The summed E-state index contributed by atoms with van der Waals surface area (Å²) in [6, 6.07) is 27.2. The van der Waals surface area contributed by atoms with Crippen LogP contribution in [0.4, 0.5) is 5.69 Å². The molecule has 29 heavy (non-hydrogen) atoms. The first-order valence-electron chi connectivity index (χ1n) is 8.91. The highest BCUT2D eigenvalue weighted by Gasteiger charge is 2.17. The Hall–Kier alpha value is -3.64. The van der Waals surface area contributed by atoms with Gasteiger partial charge in [-0.15, -0.1) is 0 Å². The average molecular weight is 403 g/mol. The van der Waals surface area contributed by atoms with Crippen LogP contribution in [0.15, 0.2) is 102 Å². The van der Waals surface area contributed by atoms with Crippen LogP contribution in [-0.2, 0) is 10.0 Å². The highest BCUT2D eigenvalue weighted by molar-refractivity contribution is 7.92. The van der Waals surface area contributed by atoms with Crippen molar-refractivity contribution in [3.05, 3.63) is 103 Å². The van der Waals surface area contributed by atoms with Gasteiger partial charge in [-0.25, -0.2) is 13.2 Å². The van der Waals surface area contributed by atoms with Gasteiger partial charge in [-0.2, -0.15) is 0 Å². The summed E-state index contributed by atoms with van der Waals surface area (Å²) in [5, 5.41) is 1.26. The maximum absolute atomic E-state index is 12.7. The minimum absolute atomic E-state index is 0.170. The van der Waals surface area contributed by atoms with Crippen LogP contribution in [0, 0.1) is 0 Å². The van der Waals surface area contributed by atoms with Crippen molar-refractivity contribution in [1.29, 1.82) is 0 Å². The van der Waals surface area contributed by atoms with E-state index >= 15 is 0 Å². The minimum Gasteiger partial charge on any atom is -0.422 e. The van der Waals surface area contributed by atoms with E-state index in [4.69, 9.17) is 4.74 Å². The van der Waals surface area contributed by atoms with Gasteiger partial charge in [0.25, 0.3) is 10.0 Å². The molecule has 0 radical (unpaired) electrons. The number of hydrogen-bond acceptors (Lipinski definition) is 4. The zero-order valence-corrected chi connectivity index (χ0v) is 16.1. The molecule has 0 aromatic heterocycles. The van der Waals surface area contributed by atoms with Gasteiger partial charge in [-0.05, 0) is 36.4 Å². The quantitative estimate of drug-likeness (QED) is 0.382. The molecule has 144 valence electrons. The van der Waals surface area contributed by atoms with Crippen molar-refractivity contribution in [2.45, 2.75) is 4.90 Å². The van der Waals surface area contributed by atoms with Crippen LogP contribution in [0.5, 0.6) is 5.75 Å². The molecule has 4 aromatic carbocycles. The van der Waals surface area contributed by atoms with Crippen molar-refractivity contribution >= 4 is 32.5 Å². The van der Waals surface area contributed by atoms with E-state index in [2.05, 4.69) is 4.72 Å². The molecule has 0 aliphatic carbocycles. The van der Waals surface area contributed by atoms with Gasteiger partial charge in [-0.3, -0.25) is 4.72 Å². The van der Waals surface area contributed by atoms with Gasteiger partial charge in [0.2, 0.25) is 0 Å². The third-order valence-electron chi connectivity index (χ3n) is 4.39. The van der Waals surface area contributed by atoms with Gasteiger partial charge in [0.1, 0.15) is 5.75 Å². The zero-order chi connectivity index (χ0) is 20.3. The Bertz CT molecular complexity index is 1270. The van der Waals surface area contributed by atoms with Gasteiger partial charge >= 0.3 is 5.97 Å². The molecule has 6 heteroatoms. The zero-order valence-electron chi connectivity index (χ0n) is 15.3. The summed E-state index contributed by atoms with van der Waals surface area (Å²) in [6.07, 6.45) is 0. The molecular weight excluding hydrogens is 386 g/mol. The van der Waals surface area contributed by atoms with Crippen LogP contribution in [-0.4, -0.2) is 14.4 Å². The molecule has 0 heterocycles. The molecule has 0 spiro atoms. The third-order valence-corrected chi connectivity index (χ3v) is 5.78. The molecule has 0 amide bonds. The van der Waals surface area contributed by atoms with Crippen molar-refractivity contribution in [3.8, 4) is 5.75 Å². The van der Waals surface area contributed by atoms with E-state index in [1.165, 1.54) is 12.1 Å². The number of fused-ring (bicyclic) bond motifs is 1. The Kier molecular flexibility index (Phi) is 5.01. The lowest BCUT2D eigenvalue weighted by molar-refractivity contribution is 0.0737. The van der Waals surface area contributed by atoms with Crippen LogP contribution >= 0.6 is 0 Å². The van der Waals surface area contributed by atoms with E-state index in [-0.39, 0.29) is 4.90 Å². The topological polar surface area (TPSA) is 72.5 Å². The predicted octanol–water partition coefficient (Wildman–Crippen LogP) is 4.86. The minimum atomic E-state index is -3.74. The third kappa shape index (κ3) is 3.97. The average Bonchev–Trinajstić information content (AvgIpc) is 2.76. The molecule has 5 nitrogen and oxygen atoms in total. The lowest BCUT2D eigenvalue weighted by Crippen LogP contribution is -2.13. The van der Waals surface area contributed by atoms with Crippen LogP contribution in [0.2, 0.25) is 0 Å². The molecule has 0 unspecified atom stereocenters. The maximum atomic E-state index is 12.7. The first-order chi connectivity index (χ1) is 14.0. The summed E-state index contributed by atoms with van der Waals surface area (Å²) in [5.74, 6) is -0.120. The van der Waals surface area contributed by atoms with Crippen molar-refractivity contribution < 1.29 is 17.9 Å². The second kappa shape index (κ2) is 7.77.